The molecule has 2 rings (SSSR count). The highest BCUT2D eigenvalue weighted by Crippen LogP contribution is 2.23. The van der Waals surface area contributed by atoms with E-state index in [0.717, 1.165) is 22.4 Å². The van der Waals surface area contributed by atoms with Crippen LogP contribution in [0.15, 0.2) is 42.5 Å². The highest BCUT2D eigenvalue weighted by Gasteiger charge is 2.36. The van der Waals surface area contributed by atoms with Crippen LogP contribution in [0, 0.1) is 26.2 Å². The summed E-state index contributed by atoms with van der Waals surface area (Å²) in [5.74, 6) is -0.613. The molecule has 0 spiro atoms. The van der Waals surface area contributed by atoms with E-state index in [1.54, 1.807) is 13.8 Å². The molecule has 132 valence electrons. The van der Waals surface area contributed by atoms with E-state index in [2.05, 4.69) is 10.6 Å². The number of nitrogens with one attached hydrogen (secondary N) is 2. The fraction of sp³-hybridized carbons (Fsp3) is 0.333. The Kier molecular flexibility index (Phi) is 5.62. The van der Waals surface area contributed by atoms with Gasteiger partial charge in [-0.2, -0.15) is 0 Å². The summed E-state index contributed by atoms with van der Waals surface area (Å²) in [5.41, 5.74) is 3.85. The van der Waals surface area contributed by atoms with E-state index in [9.17, 15) is 9.59 Å². The summed E-state index contributed by atoms with van der Waals surface area (Å²) in [4.78, 5) is 25.1. The molecule has 2 amide bonds. The van der Waals surface area contributed by atoms with Crippen molar-refractivity contribution in [3.05, 3.63) is 64.7 Å². The Morgan fingerprint density at radius 1 is 0.920 bits per heavy atom. The summed E-state index contributed by atoms with van der Waals surface area (Å²) in [6.07, 6.45) is 0. The number of benzene rings is 2. The summed E-state index contributed by atoms with van der Waals surface area (Å²) < 4.78 is 0. The van der Waals surface area contributed by atoms with Gasteiger partial charge >= 0.3 is 0 Å². The molecule has 4 heteroatoms. The van der Waals surface area contributed by atoms with Crippen molar-refractivity contribution >= 4 is 17.5 Å². The first-order chi connectivity index (χ1) is 11.7. The molecule has 2 aromatic carbocycles. The first-order valence-electron chi connectivity index (χ1n) is 8.43. The number of rotatable bonds is 5. The molecule has 25 heavy (non-hydrogen) atoms. The molecular weight excluding hydrogens is 312 g/mol. The summed E-state index contributed by atoms with van der Waals surface area (Å²) >= 11 is 0. The molecule has 0 saturated carbocycles. The van der Waals surface area contributed by atoms with Gasteiger partial charge in [0.05, 0.1) is 0 Å². The molecule has 0 atom stereocenters. The predicted molar refractivity (Wildman–Crippen MR) is 101 cm³/mol. The zero-order chi connectivity index (χ0) is 18.6. The van der Waals surface area contributed by atoms with Crippen molar-refractivity contribution < 1.29 is 9.59 Å². The minimum Gasteiger partial charge on any atom is -0.351 e. The van der Waals surface area contributed by atoms with Crippen LogP contribution < -0.4 is 10.6 Å². The minimum atomic E-state index is -1.17. The second kappa shape index (κ2) is 7.51. The highest BCUT2D eigenvalue weighted by molar-refractivity contribution is 6.10. The maximum Gasteiger partial charge on any atom is 0.239 e. The smallest absolute Gasteiger partial charge is 0.239 e. The molecule has 0 aliphatic heterocycles. The second-order valence-electron chi connectivity index (χ2n) is 6.99. The van der Waals surface area contributed by atoms with Gasteiger partial charge in [-0.1, -0.05) is 42.0 Å². The predicted octanol–water partition coefficient (Wildman–Crippen LogP) is 3.89. The van der Waals surface area contributed by atoms with Crippen molar-refractivity contribution in [2.45, 2.75) is 41.2 Å². The molecule has 4 nitrogen and oxygen atoms in total. The normalized spacial score (nSPS) is 11.1. The number of amides is 2. The first-order valence-corrected chi connectivity index (χ1v) is 8.43. The topological polar surface area (TPSA) is 58.2 Å². The van der Waals surface area contributed by atoms with Gasteiger partial charge < -0.3 is 10.6 Å². The zero-order valence-electron chi connectivity index (χ0n) is 15.6. The number of hydrogen-bond acceptors (Lipinski definition) is 2. The third-order valence-corrected chi connectivity index (χ3v) is 4.56. The number of carbonyl (C=O) groups excluding carboxylic acids is 2. The molecule has 0 fully saturated rings. The van der Waals surface area contributed by atoms with Crippen molar-refractivity contribution in [3.8, 4) is 0 Å². The molecule has 2 N–H and O–H groups in total. The van der Waals surface area contributed by atoms with Crippen molar-refractivity contribution in [2.75, 3.05) is 5.32 Å². The first kappa shape index (κ1) is 18.7. The average molecular weight is 338 g/mol. The van der Waals surface area contributed by atoms with E-state index in [1.165, 1.54) is 5.56 Å². The Morgan fingerprint density at radius 2 is 1.56 bits per heavy atom. The van der Waals surface area contributed by atoms with E-state index in [1.807, 2.05) is 63.2 Å². The Bertz CT molecular complexity index is 777. The lowest BCUT2D eigenvalue weighted by Gasteiger charge is -2.23. The number of carbonyl (C=O) groups is 2. The maximum absolute atomic E-state index is 12.6. The quantitative estimate of drug-likeness (QED) is 0.813. The van der Waals surface area contributed by atoms with Gasteiger partial charge in [0.2, 0.25) is 11.8 Å². The monoisotopic (exact) mass is 338 g/mol. The van der Waals surface area contributed by atoms with Gasteiger partial charge in [-0.15, -0.1) is 0 Å². The zero-order valence-corrected chi connectivity index (χ0v) is 15.6. The van der Waals surface area contributed by atoms with E-state index >= 15 is 0 Å². The Hall–Kier alpha value is -2.62. The minimum absolute atomic E-state index is 0.295. The average Bonchev–Trinajstić information content (AvgIpc) is 2.58. The summed E-state index contributed by atoms with van der Waals surface area (Å²) in [5, 5.41) is 5.73. The molecule has 0 bridgehead atoms. The maximum atomic E-state index is 12.6. The van der Waals surface area contributed by atoms with E-state index in [0.29, 0.717) is 6.54 Å². The fourth-order valence-corrected chi connectivity index (χ4v) is 2.38. The molecule has 0 aliphatic carbocycles. The van der Waals surface area contributed by atoms with Crippen molar-refractivity contribution in [1.29, 1.82) is 0 Å². The SMILES string of the molecule is Cc1ccc(CNC(=O)C(C)(C)C(=O)Nc2cccc(C)c2C)cc1. The number of aryl methyl sites for hydroxylation is 2. The number of hydrogen-bond donors (Lipinski definition) is 2. The van der Waals surface area contributed by atoms with Gasteiger partial charge in [-0.25, -0.2) is 0 Å². The van der Waals surface area contributed by atoms with Crippen LogP contribution in [0.2, 0.25) is 0 Å². The molecule has 0 unspecified atom stereocenters. The van der Waals surface area contributed by atoms with E-state index in [4.69, 9.17) is 0 Å². The molecule has 0 aliphatic rings. The van der Waals surface area contributed by atoms with Crippen molar-refractivity contribution in [1.82, 2.24) is 5.32 Å². The molecule has 0 saturated heterocycles. The van der Waals surface area contributed by atoms with Gasteiger partial charge in [0.25, 0.3) is 0 Å². The van der Waals surface area contributed by atoms with Crippen LogP contribution in [0.4, 0.5) is 5.69 Å². The lowest BCUT2D eigenvalue weighted by molar-refractivity contribution is -0.138. The summed E-state index contributed by atoms with van der Waals surface area (Å²) in [6, 6.07) is 13.7. The molecule has 0 heterocycles. The Morgan fingerprint density at radius 3 is 2.20 bits per heavy atom. The Labute approximate surface area is 149 Å². The standard InChI is InChI=1S/C21H26N2O2/c1-14-9-11-17(12-10-14)13-22-19(24)21(4,5)20(25)23-18-8-6-7-15(2)16(18)3/h6-12H,13H2,1-5H3,(H,22,24)(H,23,25). The van der Waals surface area contributed by atoms with Crippen LogP contribution in [-0.4, -0.2) is 11.8 Å². The van der Waals surface area contributed by atoms with Gasteiger partial charge in [-0.3, -0.25) is 9.59 Å². The Balaban J connectivity index is 2.03. The molecule has 2 aromatic rings. The lowest BCUT2D eigenvalue weighted by Crippen LogP contribution is -2.45. The van der Waals surface area contributed by atoms with Gasteiger partial charge in [-0.05, 0) is 57.4 Å². The second-order valence-corrected chi connectivity index (χ2v) is 6.99. The van der Waals surface area contributed by atoms with Crippen molar-refractivity contribution in [3.63, 3.8) is 0 Å². The van der Waals surface area contributed by atoms with E-state index in [-0.39, 0.29) is 11.8 Å². The number of anilines is 1. The fourth-order valence-electron chi connectivity index (χ4n) is 2.38. The van der Waals surface area contributed by atoms with Crippen molar-refractivity contribution in [2.24, 2.45) is 5.41 Å². The highest BCUT2D eigenvalue weighted by atomic mass is 16.2. The summed E-state index contributed by atoms with van der Waals surface area (Å²) in [6.45, 7) is 9.64. The van der Waals surface area contributed by atoms with E-state index < -0.39 is 5.41 Å². The third-order valence-electron chi connectivity index (χ3n) is 4.56. The lowest BCUT2D eigenvalue weighted by atomic mass is 9.90. The largest absolute Gasteiger partial charge is 0.351 e. The molecular formula is C21H26N2O2. The van der Waals surface area contributed by atoms with Crippen LogP contribution in [-0.2, 0) is 16.1 Å². The van der Waals surface area contributed by atoms with Crippen LogP contribution in [0.5, 0.6) is 0 Å². The van der Waals surface area contributed by atoms with Crippen LogP contribution in [0.25, 0.3) is 0 Å². The van der Waals surface area contributed by atoms with Gasteiger partial charge in [0.15, 0.2) is 0 Å². The molecule has 0 radical (unpaired) electrons. The van der Waals surface area contributed by atoms with Crippen LogP contribution >= 0.6 is 0 Å². The molecule has 0 aromatic heterocycles. The van der Waals surface area contributed by atoms with Gasteiger partial charge in [0, 0.05) is 12.2 Å². The summed E-state index contributed by atoms with van der Waals surface area (Å²) in [7, 11) is 0. The third kappa shape index (κ3) is 4.47. The van der Waals surface area contributed by atoms with Crippen LogP contribution in [0.3, 0.4) is 0 Å². The van der Waals surface area contributed by atoms with Gasteiger partial charge in [0.1, 0.15) is 5.41 Å². The van der Waals surface area contributed by atoms with Crippen LogP contribution in [0.1, 0.15) is 36.1 Å².